The molecule has 0 fully saturated rings. The Bertz CT molecular complexity index is 233. The lowest BCUT2D eigenvalue weighted by atomic mass is 10.1. The van der Waals surface area contributed by atoms with Crippen LogP contribution in [0.4, 0.5) is 0 Å². The average Bonchev–Trinajstić information content (AvgIpc) is 1.88. The van der Waals surface area contributed by atoms with Gasteiger partial charge in [-0.2, -0.15) is 0 Å². The van der Waals surface area contributed by atoms with Crippen LogP contribution in [0.5, 0.6) is 5.75 Å². The van der Waals surface area contributed by atoms with E-state index < -0.39 is 0 Å². The van der Waals surface area contributed by atoms with Crippen LogP contribution in [0.15, 0.2) is 18.2 Å². The monoisotopic (exact) mass is 154 g/mol. The quantitative estimate of drug-likeness (QED) is 0.607. The van der Waals surface area contributed by atoms with Crippen molar-refractivity contribution in [3.8, 4) is 5.75 Å². The first-order valence-electron chi connectivity index (χ1n) is 3.31. The second kappa shape index (κ2) is 3.03. The molecule has 0 aliphatic heterocycles. The summed E-state index contributed by atoms with van der Waals surface area (Å²) < 4.78 is 0. The zero-order chi connectivity index (χ0) is 7.56. The van der Waals surface area contributed by atoms with Crippen LogP contribution in [0.1, 0.15) is 12.5 Å². The van der Waals surface area contributed by atoms with Crippen molar-refractivity contribution in [2.75, 3.05) is 0 Å². The van der Waals surface area contributed by atoms with E-state index in [1.54, 1.807) is 6.07 Å². The van der Waals surface area contributed by atoms with Gasteiger partial charge < -0.3 is 5.11 Å². The molecule has 0 aromatic heterocycles. The van der Waals surface area contributed by atoms with E-state index >= 15 is 0 Å². The van der Waals surface area contributed by atoms with Crippen LogP contribution in [-0.4, -0.2) is 5.11 Å². The first kappa shape index (κ1) is 7.56. The lowest BCUT2D eigenvalue weighted by Gasteiger charge is -2.00. The van der Waals surface area contributed by atoms with Crippen molar-refractivity contribution in [3.63, 3.8) is 0 Å². The SMILES string of the molecule is CCc1ccc(P)cc1O. The Morgan fingerprint density at radius 3 is 2.70 bits per heavy atom. The Kier molecular flexibility index (Phi) is 2.29. The van der Waals surface area contributed by atoms with Gasteiger partial charge in [-0.1, -0.05) is 19.1 Å². The Morgan fingerprint density at radius 1 is 1.50 bits per heavy atom. The Balaban J connectivity index is 3.07. The summed E-state index contributed by atoms with van der Waals surface area (Å²) in [6.07, 6.45) is 0.886. The lowest BCUT2D eigenvalue weighted by molar-refractivity contribution is 0.469. The lowest BCUT2D eigenvalue weighted by Crippen LogP contribution is -1.90. The molecular weight excluding hydrogens is 143 g/mol. The Morgan fingerprint density at radius 2 is 2.20 bits per heavy atom. The maximum atomic E-state index is 9.28. The van der Waals surface area contributed by atoms with E-state index in [1.807, 2.05) is 19.1 Å². The first-order chi connectivity index (χ1) is 4.74. The third-order valence-corrected chi connectivity index (χ3v) is 1.85. The summed E-state index contributed by atoms with van der Waals surface area (Å²) in [7, 11) is 2.55. The fraction of sp³-hybridized carbons (Fsp3) is 0.250. The minimum Gasteiger partial charge on any atom is -0.508 e. The van der Waals surface area contributed by atoms with Crippen LogP contribution in [-0.2, 0) is 6.42 Å². The molecule has 0 amide bonds. The van der Waals surface area contributed by atoms with Crippen molar-refractivity contribution in [3.05, 3.63) is 23.8 Å². The van der Waals surface area contributed by atoms with Crippen molar-refractivity contribution < 1.29 is 5.11 Å². The molecule has 1 atom stereocenters. The molecular formula is C8H11OP. The topological polar surface area (TPSA) is 20.2 Å². The standard InChI is InChI=1S/C8H11OP/c1-2-6-3-4-7(10)5-8(6)9/h3-5,9H,2,10H2,1H3. The largest absolute Gasteiger partial charge is 0.508 e. The van der Waals surface area contributed by atoms with Crippen molar-refractivity contribution in [1.82, 2.24) is 0 Å². The highest BCUT2D eigenvalue weighted by molar-refractivity contribution is 7.27. The number of hydrogen-bond donors (Lipinski definition) is 1. The first-order valence-corrected chi connectivity index (χ1v) is 3.89. The predicted octanol–water partition coefficient (Wildman–Crippen LogP) is 1.45. The maximum absolute atomic E-state index is 9.28. The zero-order valence-corrected chi connectivity index (χ0v) is 7.12. The van der Waals surface area contributed by atoms with E-state index in [-0.39, 0.29) is 0 Å². The second-order valence-corrected chi connectivity index (χ2v) is 2.91. The van der Waals surface area contributed by atoms with Gasteiger partial charge in [0.1, 0.15) is 5.75 Å². The van der Waals surface area contributed by atoms with E-state index in [0.717, 1.165) is 17.3 Å². The van der Waals surface area contributed by atoms with Gasteiger partial charge in [-0.15, -0.1) is 9.24 Å². The number of rotatable bonds is 1. The van der Waals surface area contributed by atoms with Gasteiger partial charge in [0.15, 0.2) is 0 Å². The zero-order valence-electron chi connectivity index (χ0n) is 5.96. The second-order valence-electron chi connectivity index (χ2n) is 2.24. The van der Waals surface area contributed by atoms with Crippen molar-refractivity contribution in [2.45, 2.75) is 13.3 Å². The summed E-state index contributed by atoms with van der Waals surface area (Å²) >= 11 is 0. The summed E-state index contributed by atoms with van der Waals surface area (Å²) in [6, 6.07) is 5.67. The molecule has 0 aliphatic rings. The number of hydrogen-bond acceptors (Lipinski definition) is 1. The van der Waals surface area contributed by atoms with E-state index in [2.05, 4.69) is 9.24 Å². The molecule has 1 nitrogen and oxygen atoms in total. The molecule has 1 aromatic rings. The Labute approximate surface area is 63.3 Å². The van der Waals surface area contributed by atoms with Gasteiger partial charge in [0.25, 0.3) is 0 Å². The summed E-state index contributed by atoms with van der Waals surface area (Å²) in [6.45, 7) is 2.03. The average molecular weight is 154 g/mol. The van der Waals surface area contributed by atoms with E-state index in [9.17, 15) is 5.11 Å². The molecule has 10 heavy (non-hydrogen) atoms. The molecule has 1 rings (SSSR count). The summed E-state index contributed by atoms with van der Waals surface area (Å²) in [5.41, 5.74) is 1.01. The highest BCUT2D eigenvalue weighted by atomic mass is 31.0. The molecule has 0 heterocycles. The number of benzene rings is 1. The van der Waals surface area contributed by atoms with E-state index in [4.69, 9.17) is 0 Å². The molecule has 0 radical (unpaired) electrons. The van der Waals surface area contributed by atoms with Gasteiger partial charge in [0.2, 0.25) is 0 Å². The summed E-state index contributed by atoms with van der Waals surface area (Å²) in [4.78, 5) is 0. The van der Waals surface area contributed by atoms with Crippen LogP contribution in [0.2, 0.25) is 0 Å². The summed E-state index contributed by atoms with van der Waals surface area (Å²) in [5.74, 6) is 0.398. The number of phenols is 1. The molecule has 0 saturated heterocycles. The minimum atomic E-state index is 0.398. The van der Waals surface area contributed by atoms with Crippen LogP contribution < -0.4 is 5.30 Å². The van der Waals surface area contributed by atoms with Crippen molar-refractivity contribution >= 4 is 14.5 Å². The number of phenolic OH excluding ortho intramolecular Hbond substituents is 1. The van der Waals surface area contributed by atoms with Gasteiger partial charge in [0, 0.05) is 0 Å². The maximum Gasteiger partial charge on any atom is 0.119 e. The van der Waals surface area contributed by atoms with Gasteiger partial charge >= 0.3 is 0 Å². The van der Waals surface area contributed by atoms with Gasteiger partial charge in [-0.3, -0.25) is 0 Å². The minimum absolute atomic E-state index is 0.398. The molecule has 54 valence electrons. The molecule has 1 N–H and O–H groups in total. The fourth-order valence-corrected chi connectivity index (χ4v) is 1.13. The van der Waals surface area contributed by atoms with Gasteiger partial charge in [-0.25, -0.2) is 0 Å². The highest BCUT2D eigenvalue weighted by Gasteiger charge is 1.96. The highest BCUT2D eigenvalue weighted by Crippen LogP contribution is 2.15. The number of aryl methyl sites for hydroxylation is 1. The van der Waals surface area contributed by atoms with Crippen LogP contribution in [0.3, 0.4) is 0 Å². The van der Waals surface area contributed by atoms with Gasteiger partial charge in [0.05, 0.1) is 0 Å². The normalized spacial score (nSPS) is 9.80. The van der Waals surface area contributed by atoms with E-state index in [0.29, 0.717) is 5.75 Å². The predicted molar refractivity (Wildman–Crippen MR) is 46.8 cm³/mol. The van der Waals surface area contributed by atoms with Crippen LogP contribution in [0.25, 0.3) is 0 Å². The molecule has 1 unspecified atom stereocenters. The smallest absolute Gasteiger partial charge is 0.119 e. The molecule has 1 aromatic carbocycles. The summed E-state index contributed by atoms with van der Waals surface area (Å²) in [5, 5.41) is 10.3. The number of aromatic hydroxyl groups is 1. The van der Waals surface area contributed by atoms with E-state index in [1.165, 1.54) is 0 Å². The molecule has 2 heteroatoms. The molecule has 0 bridgehead atoms. The molecule has 0 saturated carbocycles. The van der Waals surface area contributed by atoms with Crippen LogP contribution in [0, 0.1) is 0 Å². The van der Waals surface area contributed by atoms with Crippen molar-refractivity contribution in [1.29, 1.82) is 0 Å². The third kappa shape index (κ3) is 1.48. The molecule has 0 aliphatic carbocycles. The van der Waals surface area contributed by atoms with Gasteiger partial charge in [-0.05, 0) is 23.4 Å². The Hall–Kier alpha value is -0.550. The molecule has 0 spiro atoms. The van der Waals surface area contributed by atoms with Crippen molar-refractivity contribution in [2.24, 2.45) is 0 Å². The fourth-order valence-electron chi connectivity index (χ4n) is 0.880. The van der Waals surface area contributed by atoms with Crippen LogP contribution >= 0.6 is 9.24 Å². The third-order valence-electron chi connectivity index (χ3n) is 1.49.